The minimum Gasteiger partial charge on any atom is -0.377 e. The Bertz CT molecular complexity index is 2420. The summed E-state index contributed by atoms with van der Waals surface area (Å²) in [6.45, 7) is 3.23. The number of carbonyl (C=O) groups is 2. The number of alkyl halides is 3. The molecule has 3 aromatic heterocycles. The quantitative estimate of drug-likeness (QED) is 0.202. The van der Waals surface area contributed by atoms with Gasteiger partial charge in [-0.25, -0.2) is 4.98 Å². The summed E-state index contributed by atoms with van der Waals surface area (Å²) in [5.41, 5.74) is 0.272. The number of amides is 2. The van der Waals surface area contributed by atoms with Gasteiger partial charge in [0.05, 0.1) is 52.6 Å². The smallest absolute Gasteiger partial charge is 0.377 e. The van der Waals surface area contributed by atoms with E-state index in [1.165, 1.54) is 0 Å². The molecule has 282 valence electrons. The van der Waals surface area contributed by atoms with Gasteiger partial charge in [-0.1, -0.05) is 36.7 Å². The van der Waals surface area contributed by atoms with Gasteiger partial charge in [0, 0.05) is 26.2 Å². The topological polar surface area (TPSA) is 172 Å². The second-order valence-electron chi connectivity index (χ2n) is 12.6. The van der Waals surface area contributed by atoms with Crippen LogP contribution >= 0.6 is 11.6 Å². The Balaban J connectivity index is 1.14. The van der Waals surface area contributed by atoms with Crippen molar-refractivity contribution >= 4 is 63.0 Å². The Hall–Kier alpha value is -5.75. The molecule has 0 bridgehead atoms. The summed E-state index contributed by atoms with van der Waals surface area (Å²) in [6.07, 6.45) is -1.97. The van der Waals surface area contributed by atoms with E-state index in [9.17, 15) is 32.3 Å². The molecule has 0 unspecified atom stereocenters. The average Bonchev–Trinajstić information content (AvgIpc) is 3.62. The molecule has 0 aliphatic carbocycles. The molecule has 1 saturated heterocycles. The van der Waals surface area contributed by atoms with Crippen molar-refractivity contribution in [2.24, 2.45) is 0 Å². The van der Waals surface area contributed by atoms with Crippen LogP contribution in [-0.2, 0) is 33.5 Å². The van der Waals surface area contributed by atoms with E-state index in [4.69, 9.17) is 16.3 Å². The summed E-state index contributed by atoms with van der Waals surface area (Å²) >= 11 is 6.12. The molecule has 3 N–H and O–H groups in total. The Labute approximate surface area is 309 Å². The van der Waals surface area contributed by atoms with Crippen LogP contribution < -0.4 is 26.7 Å². The number of hydrogen-bond acceptors (Lipinski definition) is 10. The van der Waals surface area contributed by atoms with Gasteiger partial charge < -0.3 is 29.7 Å². The number of nitrogens with zero attached hydrogens (tertiary/aromatic N) is 7. The standard InChI is InChI=1S/C35H34ClF3N10O5/c1-2-26-29(47-13-11-46(12-14-47)28(51)18-40-33-42-24-6-4-3-5-22(24)31(52)44-33)32(53)49-34(43-30(45-49)20-9-15-54-16-10-20)48(26)19-27(50)41-25-8-7-21(17-23(25)36)35(37,38)39/h3-9,17H,2,10-16,18-19H2,1H3,(H,41,50)(H2,40,42,44,52). The third-order valence-corrected chi connectivity index (χ3v) is 9.56. The molecule has 0 saturated carbocycles. The van der Waals surface area contributed by atoms with Crippen LogP contribution in [0.1, 0.15) is 30.4 Å². The van der Waals surface area contributed by atoms with E-state index in [-0.39, 0.29) is 78.9 Å². The van der Waals surface area contributed by atoms with E-state index in [0.29, 0.717) is 48.5 Å². The first-order valence-corrected chi connectivity index (χ1v) is 17.5. The second kappa shape index (κ2) is 14.9. The zero-order valence-corrected chi connectivity index (χ0v) is 29.6. The Morgan fingerprint density at radius 3 is 2.54 bits per heavy atom. The number of nitrogens with one attached hydrogen (secondary N) is 3. The highest BCUT2D eigenvalue weighted by Crippen LogP contribution is 2.34. The molecule has 2 aromatic carbocycles. The lowest BCUT2D eigenvalue weighted by Gasteiger charge is -2.36. The van der Waals surface area contributed by atoms with Crippen molar-refractivity contribution in [3.63, 3.8) is 0 Å². The molecule has 2 aliphatic rings. The van der Waals surface area contributed by atoms with Gasteiger partial charge >= 0.3 is 6.18 Å². The van der Waals surface area contributed by atoms with Gasteiger partial charge in [-0.2, -0.15) is 22.7 Å². The number of H-pyrrole nitrogens is 1. The van der Waals surface area contributed by atoms with Crippen molar-refractivity contribution in [3.8, 4) is 0 Å². The molecule has 2 aliphatic heterocycles. The SMILES string of the molecule is CCc1c(N2CCN(C(=O)CNc3nc4ccccc4c(=O)[nH]3)CC2)c(=O)n2nc(C3=CCOCC3)nc2n1CC(=O)Nc1ccc(C(F)(F)F)cc1Cl. The van der Waals surface area contributed by atoms with E-state index in [1.807, 2.05) is 17.9 Å². The summed E-state index contributed by atoms with van der Waals surface area (Å²) in [5, 5.41) is 10.2. The number of carbonyl (C=O) groups excluding carboxylic acids is 2. The van der Waals surface area contributed by atoms with E-state index >= 15 is 0 Å². The van der Waals surface area contributed by atoms with E-state index in [2.05, 4.69) is 30.7 Å². The first-order valence-electron chi connectivity index (χ1n) is 17.1. The summed E-state index contributed by atoms with van der Waals surface area (Å²) in [7, 11) is 0. The third kappa shape index (κ3) is 7.38. The number of aromatic nitrogens is 6. The van der Waals surface area contributed by atoms with Crippen molar-refractivity contribution < 1.29 is 27.5 Å². The monoisotopic (exact) mass is 766 g/mol. The highest BCUT2D eigenvalue weighted by Gasteiger charge is 2.32. The minimum absolute atomic E-state index is 0.0162. The lowest BCUT2D eigenvalue weighted by atomic mass is 10.1. The molecule has 0 spiro atoms. The number of para-hydroxylation sites is 1. The van der Waals surface area contributed by atoms with Gasteiger partial charge in [0.2, 0.25) is 23.5 Å². The molecule has 5 heterocycles. The molecular weight excluding hydrogens is 733 g/mol. The van der Waals surface area contributed by atoms with Gasteiger partial charge in [0.1, 0.15) is 12.2 Å². The van der Waals surface area contributed by atoms with E-state index in [0.717, 1.165) is 28.3 Å². The molecular formula is C35H34ClF3N10O5. The zero-order valence-electron chi connectivity index (χ0n) is 28.9. The Morgan fingerprint density at radius 2 is 1.83 bits per heavy atom. The summed E-state index contributed by atoms with van der Waals surface area (Å²) in [5.74, 6) is -0.279. The fourth-order valence-corrected chi connectivity index (χ4v) is 6.77. The molecule has 54 heavy (non-hydrogen) atoms. The van der Waals surface area contributed by atoms with Crippen LogP contribution in [0, 0.1) is 0 Å². The van der Waals surface area contributed by atoms with Crippen molar-refractivity contribution in [1.29, 1.82) is 0 Å². The summed E-state index contributed by atoms with van der Waals surface area (Å²) in [6, 6.07) is 9.50. The fourth-order valence-electron chi connectivity index (χ4n) is 6.54. The minimum atomic E-state index is -4.61. The molecule has 0 atom stereocenters. The van der Waals surface area contributed by atoms with E-state index < -0.39 is 23.2 Å². The van der Waals surface area contributed by atoms with Crippen molar-refractivity contribution in [3.05, 3.63) is 91.4 Å². The van der Waals surface area contributed by atoms with Crippen LogP contribution in [0.15, 0.2) is 58.1 Å². The molecule has 2 amide bonds. The van der Waals surface area contributed by atoms with Crippen LogP contribution in [0.5, 0.6) is 0 Å². The van der Waals surface area contributed by atoms with Crippen LogP contribution in [0.4, 0.5) is 30.5 Å². The van der Waals surface area contributed by atoms with Gasteiger partial charge in [0.15, 0.2) is 5.82 Å². The first-order chi connectivity index (χ1) is 25.9. The maximum atomic E-state index is 14.2. The molecule has 7 rings (SSSR count). The maximum absolute atomic E-state index is 14.2. The van der Waals surface area contributed by atoms with Crippen molar-refractivity contribution in [2.75, 3.05) is 61.5 Å². The van der Waals surface area contributed by atoms with Crippen LogP contribution in [0.3, 0.4) is 0 Å². The van der Waals surface area contributed by atoms with Crippen LogP contribution in [0.25, 0.3) is 22.3 Å². The van der Waals surface area contributed by atoms with Crippen molar-refractivity contribution in [1.82, 2.24) is 34.0 Å². The molecule has 0 radical (unpaired) electrons. The van der Waals surface area contributed by atoms with Gasteiger partial charge in [-0.3, -0.25) is 24.2 Å². The summed E-state index contributed by atoms with van der Waals surface area (Å²) in [4.78, 5) is 68.5. The molecule has 19 heteroatoms. The number of halogens is 4. The first kappa shape index (κ1) is 36.6. The van der Waals surface area contributed by atoms with Gasteiger partial charge in [0.25, 0.3) is 11.1 Å². The van der Waals surface area contributed by atoms with Gasteiger partial charge in [-0.15, -0.1) is 5.10 Å². The normalized spacial score (nSPS) is 15.1. The van der Waals surface area contributed by atoms with Gasteiger partial charge in [-0.05, 0) is 48.7 Å². The Kier molecular flexibility index (Phi) is 10.1. The summed E-state index contributed by atoms with van der Waals surface area (Å²) < 4.78 is 47.8. The Morgan fingerprint density at radius 1 is 1.06 bits per heavy atom. The zero-order chi connectivity index (χ0) is 38.1. The predicted molar refractivity (Wildman–Crippen MR) is 195 cm³/mol. The van der Waals surface area contributed by atoms with Crippen molar-refractivity contribution in [2.45, 2.75) is 32.5 Å². The predicted octanol–water partition coefficient (Wildman–Crippen LogP) is 3.57. The number of aromatic amines is 1. The third-order valence-electron chi connectivity index (χ3n) is 9.25. The average molecular weight is 767 g/mol. The van der Waals surface area contributed by atoms with Crippen LogP contribution in [-0.4, -0.2) is 91.8 Å². The number of anilines is 3. The number of ether oxygens (including phenoxy) is 1. The highest BCUT2D eigenvalue weighted by atomic mass is 35.5. The van der Waals surface area contributed by atoms with E-state index in [1.54, 1.807) is 33.7 Å². The second-order valence-corrected chi connectivity index (χ2v) is 13.0. The number of piperazine rings is 1. The fraction of sp³-hybridized carbons (Fsp3) is 0.343. The van der Waals surface area contributed by atoms with Crippen LogP contribution in [0.2, 0.25) is 5.02 Å². The molecule has 15 nitrogen and oxygen atoms in total. The number of benzene rings is 2. The largest absolute Gasteiger partial charge is 0.416 e. The maximum Gasteiger partial charge on any atom is 0.416 e. The molecule has 5 aromatic rings. The number of rotatable bonds is 9. The highest BCUT2D eigenvalue weighted by molar-refractivity contribution is 6.33. The lowest BCUT2D eigenvalue weighted by molar-refractivity contribution is -0.137. The number of fused-ring (bicyclic) bond motifs is 2. The lowest BCUT2D eigenvalue weighted by Crippen LogP contribution is -2.52. The molecule has 1 fully saturated rings. The number of hydrogen-bond donors (Lipinski definition) is 3.